The zero-order valence-corrected chi connectivity index (χ0v) is 16.4. The Kier molecular flexibility index (Phi) is 6.06. The lowest BCUT2D eigenvalue weighted by Crippen LogP contribution is -2.14. The summed E-state index contributed by atoms with van der Waals surface area (Å²) in [4.78, 5) is 16.1. The minimum Gasteiger partial charge on any atom is -0.325 e. The third-order valence-electron chi connectivity index (χ3n) is 4.58. The number of benzene rings is 2. The summed E-state index contributed by atoms with van der Waals surface area (Å²) in [6, 6.07) is 18.6. The second-order valence-corrected chi connectivity index (χ2v) is 7.02. The van der Waals surface area contributed by atoms with Crippen LogP contribution in [0.3, 0.4) is 0 Å². The van der Waals surface area contributed by atoms with Gasteiger partial charge in [-0.05, 0) is 44.0 Å². The average Bonchev–Trinajstić information content (AvgIpc) is 3.03. The summed E-state index contributed by atoms with van der Waals surface area (Å²) in [5, 5.41) is 8.64. The zero-order valence-electron chi connectivity index (χ0n) is 16.4. The fourth-order valence-electron chi connectivity index (χ4n) is 3.41. The number of aromatic nitrogens is 2. The highest BCUT2D eigenvalue weighted by molar-refractivity contribution is 5.91. The lowest BCUT2D eigenvalue weighted by Gasteiger charge is -2.17. The normalized spacial score (nSPS) is 11.3. The molecule has 0 saturated heterocycles. The van der Waals surface area contributed by atoms with Gasteiger partial charge in [0.05, 0.1) is 11.4 Å². The first-order chi connectivity index (χ1) is 13.5. The van der Waals surface area contributed by atoms with Gasteiger partial charge in [0.15, 0.2) is 0 Å². The molecule has 5 nitrogen and oxygen atoms in total. The number of nitrogens with zero attached hydrogens (tertiary/aromatic N) is 2. The van der Waals surface area contributed by atoms with Gasteiger partial charge < -0.3 is 4.57 Å². The van der Waals surface area contributed by atoms with Crippen LogP contribution in [0.5, 0.6) is 0 Å². The Hall–Kier alpha value is -3.18. The van der Waals surface area contributed by atoms with Crippen LogP contribution >= 0.6 is 0 Å². The number of hydrogen-bond donors (Lipinski definition) is 2. The van der Waals surface area contributed by atoms with Crippen LogP contribution in [0.25, 0.3) is 17.3 Å². The van der Waals surface area contributed by atoms with Crippen molar-refractivity contribution < 1.29 is 10.0 Å². The molecule has 1 aromatic heterocycles. The van der Waals surface area contributed by atoms with Gasteiger partial charge in [-0.15, -0.1) is 0 Å². The summed E-state index contributed by atoms with van der Waals surface area (Å²) in [6.07, 6.45) is 3.74. The van der Waals surface area contributed by atoms with Gasteiger partial charge in [0.25, 0.3) is 5.91 Å². The van der Waals surface area contributed by atoms with Crippen LogP contribution in [0.1, 0.15) is 42.5 Å². The molecule has 2 aromatic carbocycles. The molecule has 0 radical (unpaired) electrons. The van der Waals surface area contributed by atoms with E-state index in [1.165, 1.54) is 11.6 Å². The first-order valence-corrected chi connectivity index (χ1v) is 9.33. The summed E-state index contributed by atoms with van der Waals surface area (Å²) >= 11 is 0. The van der Waals surface area contributed by atoms with E-state index >= 15 is 0 Å². The minimum atomic E-state index is -0.557. The van der Waals surface area contributed by atoms with E-state index in [0.29, 0.717) is 0 Å². The third kappa shape index (κ3) is 4.38. The number of nitrogens with one attached hydrogen (secondary N) is 1. The molecule has 0 aliphatic rings. The molecule has 0 bridgehead atoms. The maximum atomic E-state index is 11.3. The summed E-state index contributed by atoms with van der Waals surface area (Å²) in [7, 11) is 0. The van der Waals surface area contributed by atoms with Crippen molar-refractivity contribution in [2.45, 2.75) is 33.2 Å². The highest BCUT2D eigenvalue weighted by Crippen LogP contribution is 2.30. The Bertz CT molecular complexity index is 988. The molecule has 0 aliphatic heterocycles. The van der Waals surface area contributed by atoms with Gasteiger partial charge in [-0.2, -0.15) is 0 Å². The number of hydrogen-bond acceptors (Lipinski definition) is 3. The fourth-order valence-corrected chi connectivity index (χ4v) is 3.41. The van der Waals surface area contributed by atoms with Gasteiger partial charge in [-0.3, -0.25) is 10.0 Å². The summed E-state index contributed by atoms with van der Waals surface area (Å²) in [6.45, 7) is 6.35. The van der Waals surface area contributed by atoms with E-state index in [4.69, 9.17) is 10.2 Å². The Labute approximate surface area is 165 Å². The van der Waals surface area contributed by atoms with E-state index in [2.05, 4.69) is 36.6 Å². The molecular weight excluding hydrogens is 350 g/mol. The predicted molar refractivity (Wildman–Crippen MR) is 111 cm³/mol. The van der Waals surface area contributed by atoms with Gasteiger partial charge in [-0.25, -0.2) is 10.5 Å². The zero-order chi connectivity index (χ0) is 20.1. The average molecular weight is 375 g/mol. The maximum Gasteiger partial charge on any atom is 0.267 e. The minimum absolute atomic E-state index is 0.259. The lowest BCUT2D eigenvalue weighted by atomic mass is 10.1. The van der Waals surface area contributed by atoms with Crippen LogP contribution in [0.15, 0.2) is 60.7 Å². The number of hydroxylamine groups is 1. The molecule has 28 heavy (non-hydrogen) atoms. The van der Waals surface area contributed by atoms with Gasteiger partial charge in [0.1, 0.15) is 5.82 Å². The monoisotopic (exact) mass is 375 g/mol. The number of imidazole rings is 1. The van der Waals surface area contributed by atoms with Gasteiger partial charge in [0, 0.05) is 24.1 Å². The second kappa shape index (κ2) is 8.67. The first kappa shape index (κ1) is 19.6. The molecule has 0 atom stereocenters. The quantitative estimate of drug-likeness (QED) is 0.377. The van der Waals surface area contributed by atoms with Crippen LogP contribution in [0.2, 0.25) is 0 Å². The van der Waals surface area contributed by atoms with E-state index in [1.54, 1.807) is 11.6 Å². The summed E-state index contributed by atoms with van der Waals surface area (Å²) in [5.41, 5.74) is 6.82. The SMILES string of the molecule is Cc1nc(Cc2ccccc2)n(C(C)C)c1-c1cccc(/C=C/C(=O)NO)c1. The van der Waals surface area contributed by atoms with Crippen LogP contribution in [-0.4, -0.2) is 20.7 Å². The van der Waals surface area contributed by atoms with E-state index < -0.39 is 5.91 Å². The number of aryl methyl sites for hydroxylation is 1. The van der Waals surface area contributed by atoms with Crippen molar-refractivity contribution >= 4 is 12.0 Å². The molecule has 0 saturated carbocycles. The highest BCUT2D eigenvalue weighted by Gasteiger charge is 2.18. The molecule has 0 unspecified atom stereocenters. The fraction of sp³-hybridized carbons (Fsp3) is 0.217. The molecule has 0 fully saturated rings. The number of carbonyl (C=O) groups is 1. The van der Waals surface area contributed by atoms with Crippen LogP contribution in [0.4, 0.5) is 0 Å². The summed E-state index contributed by atoms with van der Waals surface area (Å²) in [5.74, 6) is 0.480. The standard InChI is InChI=1S/C23H25N3O2/c1-16(2)26-21(15-18-8-5-4-6-9-18)24-17(3)23(26)20-11-7-10-19(14-20)12-13-22(27)25-28/h4-14,16,28H,15H2,1-3H3,(H,25,27)/b13-12+. The van der Waals surface area contributed by atoms with Crippen molar-refractivity contribution in [3.05, 3.63) is 83.3 Å². The van der Waals surface area contributed by atoms with E-state index in [1.807, 2.05) is 43.3 Å². The molecule has 5 heteroatoms. The van der Waals surface area contributed by atoms with Gasteiger partial charge in [-0.1, -0.05) is 48.5 Å². The molecule has 0 spiro atoms. The first-order valence-electron chi connectivity index (χ1n) is 9.33. The molecule has 1 amide bonds. The smallest absolute Gasteiger partial charge is 0.267 e. The van der Waals surface area contributed by atoms with Crippen molar-refractivity contribution in [3.63, 3.8) is 0 Å². The molecule has 3 rings (SSSR count). The lowest BCUT2D eigenvalue weighted by molar-refractivity contribution is -0.124. The van der Waals surface area contributed by atoms with E-state index in [0.717, 1.165) is 34.8 Å². The number of amides is 1. The highest BCUT2D eigenvalue weighted by atomic mass is 16.5. The van der Waals surface area contributed by atoms with Crippen molar-refractivity contribution in [3.8, 4) is 11.3 Å². The third-order valence-corrected chi connectivity index (χ3v) is 4.58. The van der Waals surface area contributed by atoms with Crippen LogP contribution in [0, 0.1) is 6.92 Å². The molecule has 2 N–H and O–H groups in total. The Balaban J connectivity index is 2.02. The molecule has 0 aliphatic carbocycles. The Morgan fingerprint density at radius 2 is 1.93 bits per heavy atom. The second-order valence-electron chi connectivity index (χ2n) is 7.02. The maximum absolute atomic E-state index is 11.3. The Morgan fingerprint density at radius 1 is 1.18 bits per heavy atom. The molecule has 3 aromatic rings. The van der Waals surface area contributed by atoms with Crippen LogP contribution < -0.4 is 5.48 Å². The van der Waals surface area contributed by atoms with Crippen molar-refractivity contribution in [2.24, 2.45) is 0 Å². The van der Waals surface area contributed by atoms with Crippen molar-refractivity contribution in [1.29, 1.82) is 0 Å². The molecule has 1 heterocycles. The van der Waals surface area contributed by atoms with Gasteiger partial charge in [0.2, 0.25) is 0 Å². The molecular formula is C23H25N3O2. The number of rotatable bonds is 6. The summed E-state index contributed by atoms with van der Waals surface area (Å²) < 4.78 is 2.28. The van der Waals surface area contributed by atoms with E-state index in [-0.39, 0.29) is 6.04 Å². The van der Waals surface area contributed by atoms with Crippen molar-refractivity contribution in [1.82, 2.24) is 15.0 Å². The number of carbonyl (C=O) groups excluding carboxylic acids is 1. The topological polar surface area (TPSA) is 67.2 Å². The van der Waals surface area contributed by atoms with Gasteiger partial charge >= 0.3 is 0 Å². The van der Waals surface area contributed by atoms with Crippen LogP contribution in [-0.2, 0) is 11.2 Å². The largest absolute Gasteiger partial charge is 0.325 e. The van der Waals surface area contributed by atoms with Crippen molar-refractivity contribution in [2.75, 3.05) is 0 Å². The van der Waals surface area contributed by atoms with E-state index in [9.17, 15) is 4.79 Å². The Morgan fingerprint density at radius 3 is 2.61 bits per heavy atom. The predicted octanol–water partition coefficient (Wildman–Crippen LogP) is 4.55. The molecule has 144 valence electrons.